The Hall–Kier alpha value is -0.790. The van der Waals surface area contributed by atoms with Crippen LogP contribution in [0.15, 0.2) is 12.2 Å². The lowest BCUT2D eigenvalue weighted by atomic mass is 9.72. The number of rotatable bonds is 1. The Morgan fingerprint density at radius 1 is 1.06 bits per heavy atom. The van der Waals surface area contributed by atoms with E-state index in [1.165, 1.54) is 42.4 Å². The summed E-state index contributed by atoms with van der Waals surface area (Å²) in [4.78, 5) is 9.60. The molecule has 1 N–H and O–H groups in total. The van der Waals surface area contributed by atoms with Crippen molar-refractivity contribution in [1.82, 2.24) is 0 Å². The van der Waals surface area contributed by atoms with Gasteiger partial charge in [0.05, 0.1) is 0 Å². The van der Waals surface area contributed by atoms with Crippen molar-refractivity contribution in [2.45, 2.75) is 46.5 Å². The molecule has 0 heterocycles. The molecular formula is C16H26O2. The summed E-state index contributed by atoms with van der Waals surface area (Å²) in [5, 5.41) is 7.89. The van der Waals surface area contributed by atoms with Crippen LogP contribution in [0.3, 0.4) is 0 Å². The molecule has 0 aromatic rings. The van der Waals surface area contributed by atoms with E-state index < -0.39 is 5.97 Å². The zero-order valence-corrected chi connectivity index (χ0v) is 11.9. The topological polar surface area (TPSA) is 37.3 Å². The molecule has 2 nitrogen and oxygen atoms in total. The van der Waals surface area contributed by atoms with Crippen LogP contribution in [0, 0.1) is 35.5 Å². The Balaban J connectivity index is 0.000000133. The molecule has 0 amide bonds. The number of carboxylic acids is 1. The third-order valence-electron chi connectivity index (χ3n) is 5.37. The number of hydrogen-bond acceptors (Lipinski definition) is 1. The molecule has 4 aliphatic rings. The number of fused-ring (bicyclic) bond motifs is 4. The van der Waals surface area contributed by atoms with Crippen LogP contribution in [-0.2, 0) is 4.79 Å². The molecule has 6 unspecified atom stereocenters. The fourth-order valence-corrected chi connectivity index (χ4v) is 4.71. The first-order chi connectivity index (χ1) is 8.61. The Kier molecular flexibility index (Phi) is 3.84. The smallest absolute Gasteiger partial charge is 0.330 e. The molecule has 4 aliphatic carbocycles. The van der Waals surface area contributed by atoms with Gasteiger partial charge in [-0.15, -0.1) is 0 Å². The van der Waals surface area contributed by atoms with Crippen LogP contribution in [0.25, 0.3) is 0 Å². The minimum atomic E-state index is -0.935. The van der Waals surface area contributed by atoms with Crippen LogP contribution in [0.5, 0.6) is 0 Å². The zero-order chi connectivity index (χ0) is 13.4. The number of aliphatic carboxylic acids is 1. The highest BCUT2D eigenvalue weighted by molar-refractivity contribution is 5.84. The molecule has 0 aromatic carbocycles. The summed E-state index contributed by atoms with van der Waals surface area (Å²) in [6.45, 7) is 8.60. The van der Waals surface area contributed by atoms with Crippen molar-refractivity contribution in [2.75, 3.05) is 0 Å². The third kappa shape index (κ3) is 2.00. The van der Waals surface area contributed by atoms with Crippen molar-refractivity contribution in [3.8, 4) is 0 Å². The first-order valence-corrected chi connectivity index (χ1v) is 7.50. The second-order valence-corrected chi connectivity index (χ2v) is 6.06. The molecule has 6 atom stereocenters. The summed E-state index contributed by atoms with van der Waals surface area (Å²) >= 11 is 0. The van der Waals surface area contributed by atoms with Gasteiger partial charge in [0.15, 0.2) is 0 Å². The van der Waals surface area contributed by atoms with Crippen molar-refractivity contribution in [1.29, 1.82) is 0 Å². The Morgan fingerprint density at radius 2 is 1.56 bits per heavy atom. The van der Waals surface area contributed by atoms with Gasteiger partial charge in [-0.1, -0.05) is 26.8 Å². The molecular weight excluding hydrogens is 224 g/mol. The molecule has 2 heteroatoms. The number of carboxylic acid groups (broad SMARTS) is 1. The highest BCUT2D eigenvalue weighted by Crippen LogP contribution is 2.79. The van der Waals surface area contributed by atoms with Gasteiger partial charge in [-0.05, 0) is 61.7 Å². The molecule has 0 spiro atoms. The molecule has 0 bridgehead atoms. The molecule has 4 saturated carbocycles. The minimum absolute atomic E-state index is 0.176. The summed E-state index contributed by atoms with van der Waals surface area (Å²) in [6, 6.07) is 0. The molecule has 0 saturated heterocycles. The molecule has 4 rings (SSSR count). The summed E-state index contributed by atoms with van der Waals surface area (Å²) in [6.07, 6.45) is 6.44. The van der Waals surface area contributed by atoms with Gasteiger partial charge in [0.2, 0.25) is 0 Å². The average Bonchev–Trinajstić information content (AvgIpc) is 2.70. The lowest BCUT2D eigenvalue weighted by Crippen LogP contribution is -2.26. The second-order valence-electron chi connectivity index (χ2n) is 6.06. The summed E-state index contributed by atoms with van der Waals surface area (Å²) in [5.41, 5.74) is 0.176. The Labute approximate surface area is 110 Å². The van der Waals surface area contributed by atoms with Crippen molar-refractivity contribution in [3.05, 3.63) is 12.2 Å². The van der Waals surface area contributed by atoms with Crippen LogP contribution in [0.2, 0.25) is 0 Å². The molecule has 0 radical (unpaired) electrons. The number of carbonyl (C=O) groups is 1. The lowest BCUT2D eigenvalue weighted by molar-refractivity contribution is -0.132. The van der Waals surface area contributed by atoms with E-state index in [0.29, 0.717) is 0 Å². The van der Waals surface area contributed by atoms with Crippen molar-refractivity contribution in [3.63, 3.8) is 0 Å². The van der Waals surface area contributed by atoms with Crippen LogP contribution in [0.1, 0.15) is 46.5 Å². The van der Waals surface area contributed by atoms with E-state index in [-0.39, 0.29) is 5.57 Å². The standard InChI is InChI=1S/C10H14.C4H6O2.C2H6/c1-2-5-6(3-1)9-8-4-7(5)10(8)9;1-3(2)4(5)6;1-2/h5-10H,1-4H2;1H2,2H3,(H,5,6);1-2H3. The predicted octanol–water partition coefficient (Wildman–Crippen LogP) is 3.97. The van der Waals surface area contributed by atoms with E-state index in [0.717, 1.165) is 0 Å². The van der Waals surface area contributed by atoms with Crippen molar-refractivity contribution >= 4 is 5.97 Å². The van der Waals surface area contributed by atoms with E-state index >= 15 is 0 Å². The zero-order valence-electron chi connectivity index (χ0n) is 11.9. The van der Waals surface area contributed by atoms with Crippen LogP contribution < -0.4 is 0 Å². The fourth-order valence-electron chi connectivity index (χ4n) is 4.71. The second kappa shape index (κ2) is 5.07. The first-order valence-electron chi connectivity index (χ1n) is 7.50. The maximum atomic E-state index is 9.60. The van der Waals surface area contributed by atoms with E-state index in [1.54, 1.807) is 25.7 Å². The molecule has 102 valence electrons. The monoisotopic (exact) mass is 250 g/mol. The minimum Gasteiger partial charge on any atom is -0.478 e. The number of hydrogen-bond donors (Lipinski definition) is 1. The third-order valence-corrected chi connectivity index (χ3v) is 5.37. The van der Waals surface area contributed by atoms with Gasteiger partial charge in [-0.25, -0.2) is 4.79 Å². The first kappa shape index (κ1) is 13.6. The van der Waals surface area contributed by atoms with Crippen LogP contribution in [0.4, 0.5) is 0 Å². The van der Waals surface area contributed by atoms with Gasteiger partial charge < -0.3 is 5.11 Å². The van der Waals surface area contributed by atoms with E-state index in [2.05, 4.69) is 6.58 Å². The van der Waals surface area contributed by atoms with Crippen molar-refractivity contribution < 1.29 is 9.90 Å². The average molecular weight is 250 g/mol. The summed E-state index contributed by atoms with van der Waals surface area (Å²) in [7, 11) is 0. The highest BCUT2D eigenvalue weighted by Gasteiger charge is 2.73. The fraction of sp³-hybridized carbons (Fsp3) is 0.812. The van der Waals surface area contributed by atoms with Crippen LogP contribution in [-0.4, -0.2) is 11.1 Å². The lowest BCUT2D eigenvalue weighted by Gasteiger charge is -2.33. The SMILES string of the molecule is C1CC2C(C1)C1C3CC2C31.C=C(C)C(=O)O.CC. The van der Waals surface area contributed by atoms with Gasteiger partial charge in [0, 0.05) is 5.57 Å². The molecule has 4 fully saturated rings. The van der Waals surface area contributed by atoms with Gasteiger partial charge in [0.1, 0.15) is 0 Å². The molecule has 0 aromatic heterocycles. The van der Waals surface area contributed by atoms with E-state index in [9.17, 15) is 4.79 Å². The largest absolute Gasteiger partial charge is 0.478 e. The predicted molar refractivity (Wildman–Crippen MR) is 73.2 cm³/mol. The van der Waals surface area contributed by atoms with Gasteiger partial charge in [0.25, 0.3) is 0 Å². The summed E-state index contributed by atoms with van der Waals surface area (Å²) < 4.78 is 0. The van der Waals surface area contributed by atoms with Gasteiger partial charge in [-0.3, -0.25) is 0 Å². The van der Waals surface area contributed by atoms with Crippen molar-refractivity contribution in [2.24, 2.45) is 35.5 Å². The Morgan fingerprint density at radius 3 is 2.06 bits per heavy atom. The quantitative estimate of drug-likeness (QED) is 0.715. The highest BCUT2D eigenvalue weighted by atomic mass is 16.4. The summed E-state index contributed by atoms with van der Waals surface area (Å²) in [5.74, 6) is 6.63. The van der Waals surface area contributed by atoms with Gasteiger partial charge in [-0.2, -0.15) is 0 Å². The van der Waals surface area contributed by atoms with Crippen LogP contribution >= 0.6 is 0 Å². The Bertz CT molecular complexity index is 323. The molecule has 18 heavy (non-hydrogen) atoms. The van der Waals surface area contributed by atoms with E-state index in [4.69, 9.17) is 5.11 Å². The molecule has 0 aliphatic heterocycles. The maximum absolute atomic E-state index is 9.60. The normalized spacial score (nSPS) is 44.2. The van der Waals surface area contributed by atoms with E-state index in [1.807, 2.05) is 13.8 Å². The maximum Gasteiger partial charge on any atom is 0.330 e. The van der Waals surface area contributed by atoms with Gasteiger partial charge >= 0.3 is 5.97 Å².